The number of hydrogen-bond donors (Lipinski definition) is 9. The van der Waals surface area contributed by atoms with Crippen LogP contribution in [-0.2, 0) is 4.43 Å². The monoisotopic (exact) mass is 386 g/mol. The van der Waals surface area contributed by atoms with Crippen molar-refractivity contribution in [2.24, 2.45) is 0 Å². The molecule has 10 nitrogen and oxygen atoms in total. The highest BCUT2D eigenvalue weighted by Gasteiger charge is 2.32. The molecule has 3 unspecified atom stereocenters. The largest absolute Gasteiger partial charge is 0.439 e. The Morgan fingerprint density at radius 1 is 0.792 bits per heavy atom. The zero-order valence-corrected chi connectivity index (χ0v) is 18.2. The summed E-state index contributed by atoms with van der Waals surface area (Å²) in [5.74, 6) is 0. The van der Waals surface area contributed by atoms with Gasteiger partial charge in [-0.2, -0.15) is 0 Å². The fraction of sp³-hybridized carbons (Fsp3) is 1.00. The van der Waals surface area contributed by atoms with Gasteiger partial charge in [0.25, 0.3) is 8.56 Å². The molecule has 3 atom stereocenters. The summed E-state index contributed by atoms with van der Waals surface area (Å²) in [6, 6.07) is 0. The quantitative estimate of drug-likeness (QED) is 0.138. The van der Waals surface area contributed by atoms with Gasteiger partial charge in [-0.1, -0.05) is 0 Å². The van der Waals surface area contributed by atoms with E-state index in [1.807, 2.05) is 28.1 Å². The van der Waals surface area contributed by atoms with E-state index in [0.29, 0.717) is 0 Å². The maximum absolute atomic E-state index is 9.19. The lowest BCUT2D eigenvalue weighted by Gasteiger charge is -2.33. The van der Waals surface area contributed by atoms with Crippen LogP contribution in [0, 0.1) is 0 Å². The van der Waals surface area contributed by atoms with Gasteiger partial charge >= 0.3 is 8.80 Å². The summed E-state index contributed by atoms with van der Waals surface area (Å²) >= 11 is 0. The molecule has 0 fully saturated rings. The molecule has 9 N–H and O–H groups in total. The molecule has 24 heavy (non-hydrogen) atoms. The maximum Gasteiger partial charge on any atom is 0.439 e. The summed E-state index contributed by atoms with van der Waals surface area (Å²) in [6.07, 6.45) is -2.11. The molecule has 0 heterocycles. The summed E-state index contributed by atoms with van der Waals surface area (Å²) < 4.78 is 5.48. The number of aliphatic hydroxyl groups is 3. The average Bonchev–Trinajstić information content (AvgIpc) is 2.42. The lowest BCUT2D eigenvalue weighted by molar-refractivity contribution is 0.147. The predicted molar refractivity (Wildman–Crippen MR) is 101 cm³/mol. The second kappa shape index (κ2) is 13.3. The van der Waals surface area contributed by atoms with Crippen molar-refractivity contribution in [2.75, 3.05) is 27.7 Å². The highest BCUT2D eigenvalue weighted by molar-refractivity contribution is 6.71. The Labute approximate surface area is 148 Å². The van der Waals surface area contributed by atoms with Crippen LogP contribution in [0.15, 0.2) is 0 Å². The normalized spacial score (nSPS) is 18.1. The molecule has 0 aliphatic rings. The fourth-order valence-corrected chi connectivity index (χ4v) is 6.56. The van der Waals surface area contributed by atoms with E-state index < -0.39 is 36.0 Å². The van der Waals surface area contributed by atoms with Gasteiger partial charge in [-0.15, -0.1) is 0 Å². The SMILES string of the molecule is CC(O)N[Si](C)(NC(C)O)NC(C)O.CCO[Si](NC)(NC)NC. The molecular weight excluding hydrogens is 348 g/mol. The minimum atomic E-state index is -2.44. The molecule has 12 heteroatoms. The van der Waals surface area contributed by atoms with Gasteiger partial charge in [-0.05, 0) is 55.4 Å². The number of nitrogens with one attached hydrogen (secondary N) is 6. The Hall–Kier alpha value is 0.0338. The fourth-order valence-electron chi connectivity index (χ4n) is 2.19. The van der Waals surface area contributed by atoms with Crippen LogP contribution in [-0.4, -0.2) is 79.1 Å². The van der Waals surface area contributed by atoms with Gasteiger partial charge in [0.2, 0.25) is 0 Å². The van der Waals surface area contributed by atoms with E-state index in [0.717, 1.165) is 6.61 Å². The van der Waals surface area contributed by atoms with E-state index in [9.17, 15) is 15.3 Å². The van der Waals surface area contributed by atoms with E-state index in [1.54, 1.807) is 27.3 Å². The molecule has 148 valence electrons. The van der Waals surface area contributed by atoms with Crippen LogP contribution in [0.3, 0.4) is 0 Å². The van der Waals surface area contributed by atoms with Gasteiger partial charge < -0.3 is 19.7 Å². The first kappa shape index (κ1) is 26.3. The van der Waals surface area contributed by atoms with E-state index in [1.165, 1.54) is 0 Å². The van der Waals surface area contributed by atoms with Crippen LogP contribution >= 0.6 is 0 Å². The van der Waals surface area contributed by atoms with Crippen molar-refractivity contribution < 1.29 is 19.7 Å². The van der Waals surface area contributed by atoms with Crippen LogP contribution in [0.1, 0.15) is 27.7 Å². The molecule has 0 saturated heterocycles. The predicted octanol–water partition coefficient (Wildman–Crippen LogP) is -2.54. The van der Waals surface area contributed by atoms with Crippen molar-refractivity contribution >= 4 is 17.4 Å². The minimum absolute atomic E-state index is 0.704. The van der Waals surface area contributed by atoms with Gasteiger partial charge in [0.15, 0.2) is 0 Å². The van der Waals surface area contributed by atoms with Gasteiger partial charge in [0, 0.05) is 6.61 Å². The molecule has 0 aromatic heterocycles. The van der Waals surface area contributed by atoms with Crippen molar-refractivity contribution in [3.63, 3.8) is 0 Å². The van der Waals surface area contributed by atoms with E-state index in [4.69, 9.17) is 4.43 Å². The van der Waals surface area contributed by atoms with Gasteiger partial charge in [0.05, 0.1) is 18.7 Å². The molecular formula is C12H38N6O4Si2. The molecule has 0 aromatic carbocycles. The summed E-state index contributed by atoms with van der Waals surface area (Å²) in [5.41, 5.74) is 0. The summed E-state index contributed by atoms with van der Waals surface area (Å²) in [7, 11) is 1.25. The maximum atomic E-state index is 9.19. The Morgan fingerprint density at radius 2 is 1.08 bits per heavy atom. The van der Waals surface area contributed by atoms with Gasteiger partial charge in [-0.25, -0.2) is 0 Å². The molecule has 0 radical (unpaired) electrons. The van der Waals surface area contributed by atoms with Gasteiger partial charge in [-0.3, -0.25) is 29.9 Å². The molecule has 0 aliphatic carbocycles. The number of aliphatic hydroxyl groups excluding tert-OH is 3. The average molecular weight is 387 g/mol. The summed E-state index contributed by atoms with van der Waals surface area (Å²) in [5, 5.41) is 27.6. The van der Waals surface area contributed by atoms with E-state index in [-0.39, 0.29) is 0 Å². The van der Waals surface area contributed by atoms with Crippen molar-refractivity contribution in [3.8, 4) is 0 Å². The van der Waals surface area contributed by atoms with Crippen LogP contribution in [0.4, 0.5) is 0 Å². The van der Waals surface area contributed by atoms with E-state index in [2.05, 4.69) is 29.9 Å². The third-order valence-electron chi connectivity index (χ3n) is 2.91. The van der Waals surface area contributed by atoms with Crippen LogP contribution in [0.25, 0.3) is 0 Å². The standard InChI is InChI=1S/C7H21N3O3Si.C5H17N3OSi/c1-5(11)8-14(4,9-6(2)12)10-7(3)13;1-5-9-10(6-2,7-3)8-4/h5-13H,1-4H3;6-8H,5H2,1-4H3. The highest BCUT2D eigenvalue weighted by Crippen LogP contribution is 1.94. The zero-order valence-electron chi connectivity index (χ0n) is 16.2. The van der Waals surface area contributed by atoms with Crippen LogP contribution < -0.4 is 29.9 Å². The molecule has 0 aromatic rings. The van der Waals surface area contributed by atoms with Crippen molar-refractivity contribution in [1.82, 2.24) is 29.9 Å². The number of rotatable bonds is 11. The second-order valence-corrected chi connectivity index (χ2v) is 11.7. The smallest absolute Gasteiger partial charge is 0.380 e. The first-order valence-corrected chi connectivity index (χ1v) is 12.5. The molecule has 0 spiro atoms. The Bertz CT molecular complexity index is 274. The first-order chi connectivity index (χ1) is 11.0. The molecule has 0 saturated carbocycles. The number of hydrogen-bond acceptors (Lipinski definition) is 10. The van der Waals surface area contributed by atoms with Crippen molar-refractivity contribution in [3.05, 3.63) is 0 Å². The van der Waals surface area contributed by atoms with Gasteiger partial charge in [0.1, 0.15) is 0 Å². The third kappa shape index (κ3) is 12.4. The minimum Gasteiger partial charge on any atom is -0.380 e. The van der Waals surface area contributed by atoms with Crippen LogP contribution in [0.2, 0.25) is 6.55 Å². The van der Waals surface area contributed by atoms with E-state index >= 15 is 0 Å². The summed E-state index contributed by atoms with van der Waals surface area (Å²) in [4.78, 5) is 17.9. The first-order valence-electron chi connectivity index (χ1n) is 8.07. The lowest BCUT2D eigenvalue weighted by atomic mass is 10.7. The Kier molecular flexibility index (Phi) is 14.5. The molecule has 0 rings (SSSR count). The molecule has 0 aliphatic heterocycles. The Morgan fingerprint density at radius 3 is 1.21 bits per heavy atom. The lowest BCUT2D eigenvalue weighted by Crippen LogP contribution is -2.75. The highest BCUT2D eigenvalue weighted by atomic mass is 28.4. The van der Waals surface area contributed by atoms with Crippen molar-refractivity contribution in [1.29, 1.82) is 0 Å². The third-order valence-corrected chi connectivity index (χ3v) is 8.73. The van der Waals surface area contributed by atoms with Crippen LogP contribution in [0.5, 0.6) is 0 Å². The molecule has 0 amide bonds. The van der Waals surface area contributed by atoms with Crippen molar-refractivity contribution in [2.45, 2.75) is 52.9 Å². The Balaban J connectivity index is 0. The zero-order chi connectivity index (χ0) is 19.4. The summed E-state index contributed by atoms with van der Waals surface area (Å²) in [6.45, 7) is 9.25. The molecule has 0 bridgehead atoms. The topological polar surface area (TPSA) is 142 Å². The second-order valence-electron chi connectivity index (χ2n) is 5.45.